The van der Waals surface area contributed by atoms with Gasteiger partial charge in [0.05, 0.1) is 45.6 Å². The normalized spacial score (nSPS) is 14.1. The fraction of sp³-hybridized carbons (Fsp3) is 0.250. The number of nitrogens with zero attached hydrogens (tertiary/aromatic N) is 1. The van der Waals surface area contributed by atoms with Crippen molar-refractivity contribution in [1.82, 2.24) is 4.90 Å². The van der Waals surface area contributed by atoms with Gasteiger partial charge in [0.1, 0.15) is 0 Å². The number of carbonyl (C=O) groups is 2. The van der Waals surface area contributed by atoms with Crippen LogP contribution in [-0.4, -0.2) is 63.1 Å². The maximum Gasteiger partial charge on any atom is 0.262 e. The molecule has 0 radical (unpaired) electrons. The van der Waals surface area contributed by atoms with Crippen LogP contribution in [0.3, 0.4) is 0 Å². The zero-order valence-corrected chi connectivity index (χ0v) is 18.3. The Morgan fingerprint density at radius 1 is 0.879 bits per heavy atom. The van der Waals surface area contributed by atoms with E-state index >= 15 is 0 Å². The Morgan fingerprint density at radius 2 is 1.55 bits per heavy atom. The molecule has 2 aliphatic rings. The second-order valence-electron chi connectivity index (χ2n) is 7.50. The van der Waals surface area contributed by atoms with Crippen LogP contribution in [0.4, 0.5) is 0 Å². The standard InChI is InChI=1S/C24H21NO8/c1-29-18-8-13(9-19(30-2)22(18)31-3)20-14-10-17-16(32-11-33-17)7-12(14)6-15-21(20)24(28)25(4-5-26)23(15)27/h6-10,26H,4-5,11H2,1-3H3. The zero-order valence-electron chi connectivity index (χ0n) is 18.3. The lowest BCUT2D eigenvalue weighted by molar-refractivity contribution is 0.0624. The van der Waals surface area contributed by atoms with Gasteiger partial charge in [0.15, 0.2) is 23.0 Å². The van der Waals surface area contributed by atoms with E-state index in [0.717, 1.165) is 4.90 Å². The van der Waals surface area contributed by atoms with E-state index in [0.29, 0.717) is 50.6 Å². The van der Waals surface area contributed by atoms with Gasteiger partial charge < -0.3 is 28.8 Å². The summed E-state index contributed by atoms with van der Waals surface area (Å²) >= 11 is 0. The SMILES string of the molecule is COc1cc(-c2c3c(cc4cc5c(cc24)OCO5)C(=O)N(CCO)C3=O)cc(OC)c1OC. The second-order valence-corrected chi connectivity index (χ2v) is 7.50. The smallest absolute Gasteiger partial charge is 0.262 e. The summed E-state index contributed by atoms with van der Waals surface area (Å²) in [5, 5.41) is 10.8. The van der Waals surface area contributed by atoms with E-state index in [2.05, 4.69) is 0 Å². The van der Waals surface area contributed by atoms with Gasteiger partial charge in [0.2, 0.25) is 12.5 Å². The summed E-state index contributed by atoms with van der Waals surface area (Å²) in [6.07, 6.45) is 0. The number of hydrogen-bond donors (Lipinski definition) is 1. The number of aliphatic hydroxyl groups excluding tert-OH is 1. The van der Waals surface area contributed by atoms with Crippen molar-refractivity contribution in [2.75, 3.05) is 41.3 Å². The number of benzene rings is 3. The molecule has 0 atom stereocenters. The van der Waals surface area contributed by atoms with E-state index in [-0.39, 0.29) is 31.1 Å². The van der Waals surface area contributed by atoms with Crippen molar-refractivity contribution in [2.45, 2.75) is 0 Å². The molecule has 33 heavy (non-hydrogen) atoms. The highest BCUT2D eigenvalue weighted by atomic mass is 16.7. The highest BCUT2D eigenvalue weighted by molar-refractivity contribution is 6.27. The summed E-state index contributed by atoms with van der Waals surface area (Å²) in [5.41, 5.74) is 1.62. The van der Waals surface area contributed by atoms with Crippen LogP contribution in [-0.2, 0) is 0 Å². The highest BCUT2D eigenvalue weighted by Crippen LogP contribution is 2.47. The van der Waals surface area contributed by atoms with Crippen molar-refractivity contribution in [1.29, 1.82) is 0 Å². The van der Waals surface area contributed by atoms with Crippen molar-refractivity contribution >= 4 is 22.6 Å². The maximum absolute atomic E-state index is 13.4. The first-order valence-corrected chi connectivity index (χ1v) is 10.2. The van der Waals surface area contributed by atoms with Crippen molar-refractivity contribution in [3.05, 3.63) is 41.5 Å². The van der Waals surface area contributed by atoms with Gasteiger partial charge in [-0.15, -0.1) is 0 Å². The molecule has 1 N–H and O–H groups in total. The first-order valence-electron chi connectivity index (χ1n) is 10.2. The molecule has 2 heterocycles. The predicted octanol–water partition coefficient (Wildman–Crippen LogP) is 2.85. The van der Waals surface area contributed by atoms with Gasteiger partial charge in [0, 0.05) is 5.56 Å². The van der Waals surface area contributed by atoms with Crippen LogP contribution in [0, 0.1) is 0 Å². The number of aliphatic hydroxyl groups is 1. The molecular weight excluding hydrogens is 430 g/mol. The van der Waals surface area contributed by atoms with Gasteiger partial charge in [0.25, 0.3) is 11.8 Å². The first kappa shape index (κ1) is 20.9. The molecule has 0 saturated heterocycles. The number of carbonyl (C=O) groups excluding carboxylic acids is 2. The third-order valence-electron chi connectivity index (χ3n) is 5.84. The molecule has 9 heteroatoms. The summed E-state index contributed by atoms with van der Waals surface area (Å²) in [7, 11) is 4.51. The lowest BCUT2D eigenvalue weighted by atomic mass is 9.90. The summed E-state index contributed by atoms with van der Waals surface area (Å²) in [6.45, 7) is -0.340. The van der Waals surface area contributed by atoms with Crippen LogP contribution in [0.1, 0.15) is 20.7 Å². The topological polar surface area (TPSA) is 104 Å². The molecule has 2 amide bonds. The monoisotopic (exact) mass is 451 g/mol. The van der Waals surface area contributed by atoms with Crippen LogP contribution < -0.4 is 23.7 Å². The van der Waals surface area contributed by atoms with E-state index < -0.39 is 11.8 Å². The Labute approximate surface area is 189 Å². The molecule has 0 fully saturated rings. The molecule has 0 unspecified atom stereocenters. The van der Waals surface area contributed by atoms with E-state index in [1.807, 2.05) is 0 Å². The molecule has 3 aromatic carbocycles. The van der Waals surface area contributed by atoms with E-state index in [9.17, 15) is 14.7 Å². The summed E-state index contributed by atoms with van der Waals surface area (Å²) < 4.78 is 27.5. The van der Waals surface area contributed by atoms with Crippen molar-refractivity contribution in [3.63, 3.8) is 0 Å². The largest absolute Gasteiger partial charge is 0.493 e. The van der Waals surface area contributed by atoms with Gasteiger partial charge >= 0.3 is 0 Å². The molecule has 5 rings (SSSR count). The number of hydrogen-bond acceptors (Lipinski definition) is 8. The van der Waals surface area contributed by atoms with Crippen LogP contribution in [0.2, 0.25) is 0 Å². The highest BCUT2D eigenvalue weighted by Gasteiger charge is 2.39. The fourth-order valence-electron chi connectivity index (χ4n) is 4.38. The lowest BCUT2D eigenvalue weighted by Crippen LogP contribution is -2.32. The predicted molar refractivity (Wildman–Crippen MR) is 118 cm³/mol. The van der Waals surface area contributed by atoms with Gasteiger partial charge in [-0.1, -0.05) is 0 Å². The van der Waals surface area contributed by atoms with Crippen molar-refractivity contribution < 1.29 is 38.4 Å². The summed E-state index contributed by atoms with van der Waals surface area (Å²) in [4.78, 5) is 27.5. The minimum Gasteiger partial charge on any atom is -0.493 e. The third-order valence-corrected chi connectivity index (χ3v) is 5.84. The Kier molecular flexibility index (Phi) is 4.98. The van der Waals surface area contributed by atoms with Crippen LogP contribution in [0.25, 0.3) is 21.9 Å². The van der Waals surface area contributed by atoms with Crippen molar-refractivity contribution in [2.24, 2.45) is 0 Å². The molecular formula is C24H21NO8. The molecule has 0 saturated carbocycles. The van der Waals surface area contributed by atoms with Gasteiger partial charge in [-0.25, -0.2) is 0 Å². The van der Waals surface area contributed by atoms with Crippen LogP contribution in [0.5, 0.6) is 28.7 Å². The number of rotatable bonds is 6. The van der Waals surface area contributed by atoms with E-state index in [1.165, 1.54) is 21.3 Å². The van der Waals surface area contributed by atoms with E-state index in [4.69, 9.17) is 23.7 Å². The Hall–Kier alpha value is -3.98. The minimum atomic E-state index is -0.479. The number of methoxy groups -OCH3 is 3. The zero-order chi connectivity index (χ0) is 23.3. The molecule has 3 aromatic rings. The molecule has 170 valence electrons. The third kappa shape index (κ3) is 3.04. The molecule has 0 spiro atoms. The average Bonchev–Trinajstić information content (AvgIpc) is 3.38. The van der Waals surface area contributed by atoms with Crippen LogP contribution >= 0.6 is 0 Å². The molecule has 0 bridgehead atoms. The summed E-state index contributed by atoms with van der Waals surface area (Å²) in [6, 6.07) is 8.71. The molecule has 9 nitrogen and oxygen atoms in total. The Bertz CT molecular complexity index is 1290. The van der Waals surface area contributed by atoms with Crippen LogP contribution in [0.15, 0.2) is 30.3 Å². The van der Waals surface area contributed by atoms with E-state index in [1.54, 1.807) is 30.3 Å². The number of ether oxygens (including phenoxy) is 5. The number of imide groups is 1. The Balaban J connectivity index is 1.87. The lowest BCUT2D eigenvalue weighted by Gasteiger charge is -2.17. The fourth-order valence-corrected chi connectivity index (χ4v) is 4.38. The Morgan fingerprint density at radius 3 is 2.15 bits per heavy atom. The average molecular weight is 451 g/mol. The van der Waals surface area contributed by atoms with Crippen molar-refractivity contribution in [3.8, 4) is 39.9 Å². The molecule has 2 aliphatic heterocycles. The van der Waals surface area contributed by atoms with Gasteiger partial charge in [-0.2, -0.15) is 0 Å². The second kappa shape index (κ2) is 7.86. The molecule has 0 aromatic heterocycles. The molecule has 0 aliphatic carbocycles. The maximum atomic E-state index is 13.4. The first-order chi connectivity index (χ1) is 16.0. The van der Waals surface area contributed by atoms with Gasteiger partial charge in [-0.3, -0.25) is 14.5 Å². The number of amides is 2. The summed E-state index contributed by atoms with van der Waals surface area (Å²) in [5.74, 6) is 1.37. The number of fused-ring (bicyclic) bond motifs is 3. The quantitative estimate of drug-likeness (QED) is 0.571. The van der Waals surface area contributed by atoms with Gasteiger partial charge in [-0.05, 0) is 46.7 Å². The minimum absolute atomic E-state index is 0.0903. The number of β-amino-alcohol motifs (C(OH)–C–C–N with tert-alkyl or cyclic N) is 1.